The van der Waals surface area contributed by atoms with Gasteiger partial charge in [-0.15, -0.1) is 0 Å². The van der Waals surface area contributed by atoms with Crippen LogP contribution in [0.5, 0.6) is 11.5 Å². The van der Waals surface area contributed by atoms with E-state index in [0.717, 1.165) is 41.5 Å². The number of hydrogen-bond donors (Lipinski definition) is 0. The molecule has 0 radical (unpaired) electrons. The lowest BCUT2D eigenvalue weighted by molar-refractivity contribution is -0.149. The molecule has 20 heavy (non-hydrogen) atoms. The Hall–Kier alpha value is -1.23. The molecule has 1 aliphatic carbocycles. The molecule has 0 atom stereocenters. The van der Waals surface area contributed by atoms with Crippen molar-refractivity contribution in [2.75, 3.05) is 13.2 Å². The molecule has 108 valence electrons. The molecule has 4 nitrogen and oxygen atoms in total. The van der Waals surface area contributed by atoms with Crippen LogP contribution < -0.4 is 9.47 Å². The number of esters is 1. The van der Waals surface area contributed by atoms with Crippen molar-refractivity contribution in [1.29, 1.82) is 0 Å². The second-order valence-corrected chi connectivity index (χ2v) is 6.03. The van der Waals surface area contributed by atoms with E-state index in [9.17, 15) is 4.79 Å². The summed E-state index contributed by atoms with van der Waals surface area (Å²) in [5, 5.41) is 0. The summed E-state index contributed by atoms with van der Waals surface area (Å²) in [5.74, 6) is 1.45. The molecule has 0 spiro atoms. The van der Waals surface area contributed by atoms with E-state index in [2.05, 4.69) is 15.9 Å². The van der Waals surface area contributed by atoms with E-state index in [1.165, 1.54) is 0 Å². The minimum Gasteiger partial charge on any atom is -0.486 e. The first kappa shape index (κ1) is 13.7. The second kappa shape index (κ2) is 6.04. The molecule has 0 amide bonds. The van der Waals surface area contributed by atoms with E-state index in [1.54, 1.807) is 0 Å². The number of carbonyl (C=O) groups is 1. The molecule has 5 heteroatoms. The molecule has 0 N–H and O–H groups in total. The van der Waals surface area contributed by atoms with Crippen molar-refractivity contribution in [3.8, 4) is 11.5 Å². The third-order valence-electron chi connectivity index (χ3n) is 3.77. The molecule has 0 saturated heterocycles. The van der Waals surface area contributed by atoms with E-state index >= 15 is 0 Å². The molecular formula is C15H17BrO4. The zero-order valence-electron chi connectivity index (χ0n) is 11.2. The predicted octanol–water partition coefficient (Wildman–Crippen LogP) is 3.45. The van der Waals surface area contributed by atoms with Crippen molar-refractivity contribution in [2.45, 2.75) is 32.3 Å². The van der Waals surface area contributed by atoms with Gasteiger partial charge in [-0.25, -0.2) is 0 Å². The largest absolute Gasteiger partial charge is 0.486 e. The summed E-state index contributed by atoms with van der Waals surface area (Å²) in [6.45, 7) is 1.39. The molecule has 0 aromatic heterocycles. The van der Waals surface area contributed by atoms with Crippen LogP contribution in [0, 0.1) is 5.92 Å². The third kappa shape index (κ3) is 2.92. The summed E-state index contributed by atoms with van der Waals surface area (Å²) in [4.78, 5) is 11.9. The highest BCUT2D eigenvalue weighted by molar-refractivity contribution is 9.10. The van der Waals surface area contributed by atoms with Crippen LogP contribution in [0.25, 0.3) is 0 Å². The molecular weight excluding hydrogens is 324 g/mol. The molecule has 1 aliphatic heterocycles. The Bertz CT molecular complexity index is 509. The van der Waals surface area contributed by atoms with Crippen LogP contribution in [-0.4, -0.2) is 19.2 Å². The Labute approximate surface area is 126 Å². The Morgan fingerprint density at radius 1 is 1.20 bits per heavy atom. The maximum Gasteiger partial charge on any atom is 0.309 e. The average molecular weight is 341 g/mol. The molecule has 1 saturated carbocycles. The SMILES string of the molecule is O=C(OCc1cc2c(cc1Br)OCCO2)C1CCCC1. The van der Waals surface area contributed by atoms with Crippen molar-refractivity contribution in [2.24, 2.45) is 5.92 Å². The van der Waals surface area contributed by atoms with Gasteiger partial charge in [0.25, 0.3) is 0 Å². The van der Waals surface area contributed by atoms with E-state index in [4.69, 9.17) is 14.2 Å². The van der Waals surface area contributed by atoms with Gasteiger partial charge in [-0.1, -0.05) is 28.8 Å². The van der Waals surface area contributed by atoms with Gasteiger partial charge in [-0.2, -0.15) is 0 Å². The molecule has 1 heterocycles. The number of fused-ring (bicyclic) bond motifs is 1. The molecule has 1 aromatic rings. The normalized spacial score (nSPS) is 18.1. The van der Waals surface area contributed by atoms with Gasteiger partial charge in [0.05, 0.1) is 5.92 Å². The van der Waals surface area contributed by atoms with E-state index in [1.807, 2.05) is 12.1 Å². The van der Waals surface area contributed by atoms with Crippen LogP contribution in [0.2, 0.25) is 0 Å². The van der Waals surface area contributed by atoms with Crippen molar-refractivity contribution < 1.29 is 19.0 Å². The quantitative estimate of drug-likeness (QED) is 0.790. The van der Waals surface area contributed by atoms with Gasteiger partial charge in [0.1, 0.15) is 19.8 Å². The number of carbonyl (C=O) groups excluding carboxylic acids is 1. The monoisotopic (exact) mass is 340 g/mol. The van der Waals surface area contributed by atoms with Gasteiger partial charge in [-0.05, 0) is 25.0 Å². The second-order valence-electron chi connectivity index (χ2n) is 5.18. The Morgan fingerprint density at radius 3 is 2.55 bits per heavy atom. The molecule has 2 aliphatic rings. The van der Waals surface area contributed by atoms with Crippen LogP contribution in [0.4, 0.5) is 0 Å². The lowest BCUT2D eigenvalue weighted by atomic mass is 10.1. The maximum atomic E-state index is 11.9. The lowest BCUT2D eigenvalue weighted by Gasteiger charge is -2.20. The van der Waals surface area contributed by atoms with Crippen molar-refractivity contribution in [1.82, 2.24) is 0 Å². The fourth-order valence-electron chi connectivity index (χ4n) is 2.64. The van der Waals surface area contributed by atoms with Crippen molar-refractivity contribution in [3.63, 3.8) is 0 Å². The number of rotatable bonds is 3. The highest BCUT2D eigenvalue weighted by Crippen LogP contribution is 2.36. The summed E-state index contributed by atoms with van der Waals surface area (Å²) < 4.78 is 17.3. The Morgan fingerprint density at radius 2 is 1.85 bits per heavy atom. The van der Waals surface area contributed by atoms with Gasteiger partial charge in [0, 0.05) is 10.0 Å². The van der Waals surface area contributed by atoms with Crippen molar-refractivity contribution in [3.05, 3.63) is 22.2 Å². The molecule has 1 fully saturated rings. The molecule has 0 unspecified atom stereocenters. The van der Waals surface area contributed by atoms with Crippen LogP contribution in [0.1, 0.15) is 31.2 Å². The van der Waals surface area contributed by atoms with Gasteiger partial charge < -0.3 is 14.2 Å². The summed E-state index contributed by atoms with van der Waals surface area (Å²) in [7, 11) is 0. The van der Waals surface area contributed by atoms with E-state index in [0.29, 0.717) is 19.0 Å². The van der Waals surface area contributed by atoms with E-state index < -0.39 is 0 Å². The maximum absolute atomic E-state index is 11.9. The third-order valence-corrected chi connectivity index (χ3v) is 4.51. The first-order valence-electron chi connectivity index (χ1n) is 6.98. The first-order valence-corrected chi connectivity index (χ1v) is 7.78. The van der Waals surface area contributed by atoms with Crippen LogP contribution in [0.15, 0.2) is 16.6 Å². The van der Waals surface area contributed by atoms with Crippen LogP contribution >= 0.6 is 15.9 Å². The summed E-state index contributed by atoms with van der Waals surface area (Å²) in [5.41, 5.74) is 0.903. The minimum atomic E-state index is -0.0794. The highest BCUT2D eigenvalue weighted by atomic mass is 79.9. The van der Waals surface area contributed by atoms with Gasteiger partial charge in [-0.3, -0.25) is 4.79 Å². The van der Waals surface area contributed by atoms with Crippen LogP contribution in [0.3, 0.4) is 0 Å². The fourth-order valence-corrected chi connectivity index (χ4v) is 3.08. The zero-order valence-corrected chi connectivity index (χ0v) is 12.8. The number of hydrogen-bond acceptors (Lipinski definition) is 4. The van der Waals surface area contributed by atoms with Gasteiger partial charge in [0.2, 0.25) is 0 Å². The van der Waals surface area contributed by atoms with Gasteiger partial charge in [0.15, 0.2) is 11.5 Å². The predicted molar refractivity (Wildman–Crippen MR) is 76.9 cm³/mol. The molecule has 3 rings (SSSR count). The summed E-state index contributed by atoms with van der Waals surface area (Å²) in [6, 6.07) is 3.74. The fraction of sp³-hybridized carbons (Fsp3) is 0.533. The molecule has 1 aromatic carbocycles. The van der Waals surface area contributed by atoms with Gasteiger partial charge >= 0.3 is 5.97 Å². The number of halogens is 1. The summed E-state index contributed by atoms with van der Waals surface area (Å²) in [6.07, 6.45) is 4.18. The number of ether oxygens (including phenoxy) is 3. The van der Waals surface area contributed by atoms with Crippen molar-refractivity contribution >= 4 is 21.9 Å². The minimum absolute atomic E-state index is 0.0794. The number of benzene rings is 1. The van der Waals surface area contributed by atoms with Crippen LogP contribution in [-0.2, 0) is 16.1 Å². The topological polar surface area (TPSA) is 44.8 Å². The lowest BCUT2D eigenvalue weighted by Crippen LogP contribution is -2.16. The Kier molecular flexibility index (Phi) is 4.15. The highest BCUT2D eigenvalue weighted by Gasteiger charge is 2.24. The average Bonchev–Trinajstić information content (AvgIpc) is 2.99. The first-order chi connectivity index (χ1) is 9.74. The Balaban J connectivity index is 1.66. The molecule has 0 bridgehead atoms. The van der Waals surface area contributed by atoms with E-state index in [-0.39, 0.29) is 18.5 Å². The summed E-state index contributed by atoms with van der Waals surface area (Å²) >= 11 is 3.48. The standard InChI is InChI=1S/C15H17BrO4/c16-12-8-14-13(18-5-6-19-14)7-11(12)9-20-15(17)10-3-1-2-4-10/h7-8,10H,1-6,9H2. The zero-order chi connectivity index (χ0) is 13.9. The smallest absolute Gasteiger partial charge is 0.309 e.